The van der Waals surface area contributed by atoms with E-state index in [1.54, 1.807) is 35.2 Å². The molecular weight excluding hydrogens is 426 g/mol. The first kappa shape index (κ1) is 21.1. The Kier molecular flexibility index (Phi) is 5.82. The average Bonchev–Trinajstić information content (AvgIpc) is 3.56. The van der Waals surface area contributed by atoms with Gasteiger partial charge >= 0.3 is 0 Å². The molecule has 2 aromatic carbocycles. The van der Waals surface area contributed by atoms with E-state index in [4.69, 9.17) is 10.2 Å². The predicted molar refractivity (Wildman–Crippen MR) is 128 cm³/mol. The smallest absolute Gasteiger partial charge is 0.271 e. The van der Waals surface area contributed by atoms with Crippen LogP contribution in [0, 0.1) is 11.3 Å². The molecule has 0 bridgehead atoms. The van der Waals surface area contributed by atoms with Gasteiger partial charge in [-0.25, -0.2) is 14.5 Å². The number of hydrogen-bond donors (Lipinski definition) is 1. The molecule has 0 aliphatic carbocycles. The van der Waals surface area contributed by atoms with E-state index in [9.17, 15) is 4.79 Å². The lowest BCUT2D eigenvalue weighted by atomic mass is 10.1. The number of fused-ring (bicyclic) bond motifs is 1. The Labute approximate surface area is 196 Å². The van der Waals surface area contributed by atoms with Crippen LogP contribution in [0.25, 0.3) is 28.2 Å². The van der Waals surface area contributed by atoms with Crippen molar-refractivity contribution in [2.24, 2.45) is 0 Å². The van der Waals surface area contributed by atoms with E-state index in [2.05, 4.69) is 21.5 Å². The fourth-order valence-corrected chi connectivity index (χ4v) is 3.74. The molecule has 0 unspecified atom stereocenters. The number of nitriles is 1. The Morgan fingerprint density at radius 3 is 2.59 bits per heavy atom. The van der Waals surface area contributed by atoms with Gasteiger partial charge in [0.05, 0.1) is 29.3 Å². The van der Waals surface area contributed by atoms with Crippen LogP contribution in [0.1, 0.15) is 22.5 Å². The number of amides is 1. The molecule has 3 aromatic heterocycles. The molecule has 0 saturated heterocycles. The van der Waals surface area contributed by atoms with Crippen molar-refractivity contribution in [2.75, 3.05) is 6.54 Å². The second kappa shape index (κ2) is 9.38. The molecule has 0 aliphatic heterocycles. The van der Waals surface area contributed by atoms with Crippen LogP contribution >= 0.6 is 0 Å². The minimum Gasteiger partial charge on any atom is -0.351 e. The third-order valence-electron chi connectivity index (χ3n) is 5.48. The average molecular weight is 448 g/mol. The third-order valence-corrected chi connectivity index (χ3v) is 5.48. The van der Waals surface area contributed by atoms with Gasteiger partial charge in [-0.2, -0.15) is 10.4 Å². The van der Waals surface area contributed by atoms with Gasteiger partial charge in [0, 0.05) is 42.7 Å². The zero-order valence-corrected chi connectivity index (χ0v) is 18.3. The number of carbonyl (C=O) groups excluding carboxylic acids is 1. The minimum atomic E-state index is -0.247. The molecule has 0 fully saturated rings. The molecule has 0 atom stereocenters. The van der Waals surface area contributed by atoms with Gasteiger partial charge < -0.3 is 9.88 Å². The fraction of sp³-hybridized carbons (Fsp3) is 0.115. The van der Waals surface area contributed by atoms with Gasteiger partial charge in [0.25, 0.3) is 5.91 Å². The summed E-state index contributed by atoms with van der Waals surface area (Å²) in [5.74, 6) is -0.247. The molecule has 0 radical (unpaired) electrons. The quantitative estimate of drug-likeness (QED) is 0.381. The molecule has 1 N–H and O–H groups in total. The van der Waals surface area contributed by atoms with Crippen molar-refractivity contribution >= 4 is 11.6 Å². The number of hydrogen-bond acceptors (Lipinski definition) is 5. The monoisotopic (exact) mass is 447 g/mol. The van der Waals surface area contributed by atoms with E-state index in [-0.39, 0.29) is 5.91 Å². The Bertz CT molecular complexity index is 1460. The summed E-state index contributed by atoms with van der Waals surface area (Å²) in [6, 6.07) is 22.9. The molecule has 8 nitrogen and oxygen atoms in total. The molecular formula is C26H21N7O. The number of nitrogens with one attached hydrogen (secondary N) is 1. The van der Waals surface area contributed by atoms with Crippen LogP contribution in [0.15, 0.2) is 85.5 Å². The van der Waals surface area contributed by atoms with E-state index in [0.717, 1.165) is 35.5 Å². The van der Waals surface area contributed by atoms with Crippen LogP contribution in [0.4, 0.5) is 0 Å². The van der Waals surface area contributed by atoms with Crippen LogP contribution in [0.5, 0.6) is 0 Å². The van der Waals surface area contributed by atoms with E-state index in [0.29, 0.717) is 23.4 Å². The molecule has 3 heterocycles. The van der Waals surface area contributed by atoms with Gasteiger partial charge in [0.15, 0.2) is 11.3 Å². The molecule has 5 aromatic rings. The van der Waals surface area contributed by atoms with Crippen LogP contribution < -0.4 is 5.32 Å². The summed E-state index contributed by atoms with van der Waals surface area (Å²) < 4.78 is 3.64. The lowest BCUT2D eigenvalue weighted by molar-refractivity contribution is 0.0947. The summed E-state index contributed by atoms with van der Waals surface area (Å²) in [5, 5.41) is 16.6. The van der Waals surface area contributed by atoms with Crippen molar-refractivity contribution < 1.29 is 4.79 Å². The lowest BCUT2D eigenvalue weighted by Crippen LogP contribution is -2.25. The largest absolute Gasteiger partial charge is 0.351 e. The number of benzene rings is 2. The highest BCUT2D eigenvalue weighted by atomic mass is 16.1. The van der Waals surface area contributed by atoms with E-state index >= 15 is 0 Å². The molecule has 34 heavy (non-hydrogen) atoms. The SMILES string of the molecule is N#Cc1ccc(-c2cc(-c3ccccc3)nc3cc(C(=O)NCCCn4ccnc4)nn23)cc1. The highest BCUT2D eigenvalue weighted by molar-refractivity contribution is 5.93. The summed E-state index contributed by atoms with van der Waals surface area (Å²) in [7, 11) is 0. The van der Waals surface area contributed by atoms with Gasteiger partial charge in [-0.15, -0.1) is 0 Å². The Hall–Kier alpha value is -4.77. The zero-order valence-electron chi connectivity index (χ0n) is 18.3. The maximum absolute atomic E-state index is 12.8. The van der Waals surface area contributed by atoms with Crippen molar-refractivity contribution in [1.29, 1.82) is 5.26 Å². The van der Waals surface area contributed by atoms with E-state index in [1.165, 1.54) is 0 Å². The summed E-state index contributed by atoms with van der Waals surface area (Å²) in [6.45, 7) is 1.30. The van der Waals surface area contributed by atoms with Crippen LogP contribution in [0.2, 0.25) is 0 Å². The van der Waals surface area contributed by atoms with Crippen LogP contribution in [-0.2, 0) is 6.54 Å². The number of rotatable bonds is 7. The van der Waals surface area contributed by atoms with Crippen LogP contribution in [0.3, 0.4) is 0 Å². The molecule has 0 spiro atoms. The topological polar surface area (TPSA) is 101 Å². The van der Waals surface area contributed by atoms with Gasteiger partial charge in [0.2, 0.25) is 0 Å². The maximum Gasteiger partial charge on any atom is 0.271 e. The van der Waals surface area contributed by atoms with Gasteiger partial charge in [0.1, 0.15) is 0 Å². The normalized spacial score (nSPS) is 10.8. The van der Waals surface area contributed by atoms with Crippen molar-refractivity contribution in [3.8, 4) is 28.6 Å². The van der Waals surface area contributed by atoms with Crippen molar-refractivity contribution in [3.63, 3.8) is 0 Å². The van der Waals surface area contributed by atoms with Gasteiger partial charge in [-0.3, -0.25) is 4.79 Å². The summed E-state index contributed by atoms with van der Waals surface area (Å²) in [6.07, 6.45) is 6.16. The first-order valence-corrected chi connectivity index (χ1v) is 10.9. The number of nitrogens with zero attached hydrogens (tertiary/aromatic N) is 6. The summed E-state index contributed by atoms with van der Waals surface area (Å²) in [4.78, 5) is 21.6. The zero-order chi connectivity index (χ0) is 23.3. The van der Waals surface area contributed by atoms with E-state index in [1.807, 2.05) is 59.3 Å². The van der Waals surface area contributed by atoms with E-state index < -0.39 is 0 Å². The first-order valence-electron chi connectivity index (χ1n) is 10.9. The molecule has 1 amide bonds. The molecule has 5 rings (SSSR count). The summed E-state index contributed by atoms with van der Waals surface area (Å²) in [5.41, 5.74) is 4.85. The van der Waals surface area contributed by atoms with Gasteiger partial charge in [-0.05, 0) is 24.6 Å². The molecule has 0 aliphatic rings. The lowest BCUT2D eigenvalue weighted by Gasteiger charge is -2.09. The highest BCUT2D eigenvalue weighted by Gasteiger charge is 2.16. The maximum atomic E-state index is 12.8. The second-order valence-corrected chi connectivity index (χ2v) is 7.79. The Morgan fingerprint density at radius 1 is 1.03 bits per heavy atom. The van der Waals surface area contributed by atoms with Crippen molar-refractivity contribution in [3.05, 3.63) is 96.7 Å². The number of aromatic nitrogens is 5. The molecule has 0 saturated carbocycles. The highest BCUT2D eigenvalue weighted by Crippen LogP contribution is 2.27. The Morgan fingerprint density at radius 2 is 1.85 bits per heavy atom. The Balaban J connectivity index is 1.46. The fourth-order valence-electron chi connectivity index (χ4n) is 3.74. The van der Waals surface area contributed by atoms with Crippen LogP contribution in [-0.4, -0.2) is 36.6 Å². The third kappa shape index (κ3) is 4.40. The predicted octanol–water partition coefficient (Wildman–Crippen LogP) is 3.95. The van der Waals surface area contributed by atoms with Crippen molar-refractivity contribution in [1.82, 2.24) is 29.5 Å². The summed E-state index contributed by atoms with van der Waals surface area (Å²) >= 11 is 0. The van der Waals surface area contributed by atoms with Crippen molar-refractivity contribution in [2.45, 2.75) is 13.0 Å². The number of carbonyl (C=O) groups is 1. The second-order valence-electron chi connectivity index (χ2n) is 7.79. The number of imidazole rings is 1. The minimum absolute atomic E-state index is 0.247. The standard InChI is InChI=1S/C26H21N7O/c27-17-19-7-9-21(10-8-19)24-15-22(20-5-2-1-3-6-20)30-25-16-23(31-33(24)25)26(34)29-11-4-13-32-14-12-28-18-32/h1-3,5-10,12,14-16,18H,4,11,13H2,(H,29,34). The first-order chi connectivity index (χ1) is 16.7. The number of aryl methyl sites for hydroxylation is 1. The molecule has 8 heteroatoms. The molecule has 166 valence electrons. The van der Waals surface area contributed by atoms with Gasteiger partial charge in [-0.1, -0.05) is 42.5 Å².